The minimum atomic E-state index is 0.815. The number of aliphatic imine (C=N–C) groups is 1. The second kappa shape index (κ2) is 9.01. The summed E-state index contributed by atoms with van der Waals surface area (Å²) in [5.41, 5.74) is 2.97. The molecule has 0 spiro atoms. The summed E-state index contributed by atoms with van der Waals surface area (Å²) in [7, 11) is 1.87. The van der Waals surface area contributed by atoms with E-state index in [9.17, 15) is 0 Å². The van der Waals surface area contributed by atoms with Crippen molar-refractivity contribution >= 4 is 11.9 Å². The molecule has 0 aliphatic carbocycles. The molecule has 28 heavy (non-hydrogen) atoms. The van der Waals surface area contributed by atoms with E-state index in [4.69, 9.17) is 0 Å². The first-order valence-electron chi connectivity index (χ1n) is 10.1. The Hall–Kier alpha value is -2.67. The Bertz CT molecular complexity index is 784. The molecule has 1 aromatic carbocycles. The van der Waals surface area contributed by atoms with Gasteiger partial charge in [-0.05, 0) is 23.6 Å². The van der Waals surface area contributed by atoms with Crippen molar-refractivity contribution in [1.82, 2.24) is 25.1 Å². The maximum Gasteiger partial charge on any atom is 0.225 e. The molecule has 0 bridgehead atoms. The fourth-order valence-corrected chi connectivity index (χ4v) is 3.98. The van der Waals surface area contributed by atoms with Crippen molar-refractivity contribution in [2.24, 2.45) is 4.99 Å². The van der Waals surface area contributed by atoms with E-state index in [1.54, 1.807) is 12.4 Å². The van der Waals surface area contributed by atoms with E-state index in [2.05, 4.69) is 59.2 Å². The third-order valence-corrected chi connectivity index (χ3v) is 5.55. The molecule has 4 rings (SSSR count). The number of aromatic nitrogens is 2. The fourth-order valence-electron chi connectivity index (χ4n) is 3.98. The largest absolute Gasteiger partial charge is 0.355 e. The number of hydrogen-bond acceptors (Lipinski definition) is 5. The van der Waals surface area contributed by atoms with Crippen LogP contribution in [0.1, 0.15) is 11.1 Å². The smallest absolute Gasteiger partial charge is 0.225 e. The molecule has 2 aliphatic heterocycles. The summed E-state index contributed by atoms with van der Waals surface area (Å²) >= 11 is 0. The van der Waals surface area contributed by atoms with Crippen LogP contribution in [0.3, 0.4) is 0 Å². The molecule has 7 nitrogen and oxygen atoms in total. The molecule has 3 heterocycles. The van der Waals surface area contributed by atoms with Crippen LogP contribution in [0.4, 0.5) is 5.95 Å². The maximum absolute atomic E-state index is 4.49. The average molecular weight is 380 g/mol. The highest BCUT2D eigenvalue weighted by molar-refractivity contribution is 5.80. The summed E-state index contributed by atoms with van der Waals surface area (Å²) in [6, 6.07) is 10.6. The van der Waals surface area contributed by atoms with Gasteiger partial charge in [-0.2, -0.15) is 0 Å². The van der Waals surface area contributed by atoms with Crippen molar-refractivity contribution in [1.29, 1.82) is 0 Å². The van der Waals surface area contributed by atoms with Gasteiger partial charge in [0.05, 0.1) is 0 Å². The van der Waals surface area contributed by atoms with Crippen LogP contribution in [-0.4, -0.2) is 78.6 Å². The molecule has 0 atom stereocenters. The van der Waals surface area contributed by atoms with E-state index in [1.165, 1.54) is 11.1 Å². The van der Waals surface area contributed by atoms with Crippen molar-refractivity contribution < 1.29 is 0 Å². The van der Waals surface area contributed by atoms with Crippen LogP contribution >= 0.6 is 0 Å². The summed E-state index contributed by atoms with van der Waals surface area (Å²) < 4.78 is 0. The first kappa shape index (κ1) is 18.7. The second-order valence-electron chi connectivity index (χ2n) is 7.29. The van der Waals surface area contributed by atoms with Gasteiger partial charge < -0.3 is 15.1 Å². The van der Waals surface area contributed by atoms with Crippen LogP contribution in [0, 0.1) is 0 Å². The van der Waals surface area contributed by atoms with Crippen molar-refractivity contribution in [3.8, 4) is 0 Å². The molecular formula is C21H29N7. The summed E-state index contributed by atoms with van der Waals surface area (Å²) in [6.45, 7) is 7.80. The van der Waals surface area contributed by atoms with Crippen molar-refractivity contribution in [3.05, 3.63) is 53.9 Å². The van der Waals surface area contributed by atoms with Crippen molar-refractivity contribution in [3.63, 3.8) is 0 Å². The topological polar surface area (TPSA) is 59.9 Å². The van der Waals surface area contributed by atoms with Gasteiger partial charge in [0, 0.05) is 71.8 Å². The molecule has 0 amide bonds. The highest BCUT2D eigenvalue weighted by atomic mass is 15.4. The van der Waals surface area contributed by atoms with Gasteiger partial charge >= 0.3 is 0 Å². The van der Waals surface area contributed by atoms with Gasteiger partial charge in [-0.25, -0.2) is 9.97 Å². The number of nitrogens with zero attached hydrogens (tertiary/aromatic N) is 6. The Morgan fingerprint density at radius 3 is 2.50 bits per heavy atom. The number of rotatable bonds is 4. The third kappa shape index (κ3) is 4.42. The fraction of sp³-hybridized carbons (Fsp3) is 0.476. The SMILES string of the molecule is CN=C(NCCN1CCc2ccccc2C1)N1CCN(c2ncccn2)CC1. The van der Waals surface area contributed by atoms with Gasteiger partial charge in [0.1, 0.15) is 0 Å². The first-order valence-corrected chi connectivity index (χ1v) is 10.1. The van der Waals surface area contributed by atoms with Crippen molar-refractivity contribution in [2.45, 2.75) is 13.0 Å². The van der Waals surface area contributed by atoms with E-state index in [1.807, 2.05) is 13.1 Å². The van der Waals surface area contributed by atoms with Crippen LogP contribution in [-0.2, 0) is 13.0 Å². The van der Waals surface area contributed by atoms with E-state index >= 15 is 0 Å². The van der Waals surface area contributed by atoms with Gasteiger partial charge in [-0.1, -0.05) is 24.3 Å². The lowest BCUT2D eigenvalue weighted by Crippen LogP contribution is -2.53. The molecule has 2 aliphatic rings. The number of hydrogen-bond donors (Lipinski definition) is 1. The molecule has 1 fully saturated rings. The summed E-state index contributed by atoms with van der Waals surface area (Å²) in [5, 5.41) is 3.55. The van der Waals surface area contributed by atoms with Crippen molar-refractivity contribution in [2.75, 3.05) is 57.8 Å². The predicted octanol–water partition coefficient (Wildman–Crippen LogP) is 1.23. The maximum atomic E-state index is 4.49. The van der Waals surface area contributed by atoms with E-state index in [0.717, 1.165) is 70.7 Å². The number of guanidine groups is 1. The highest BCUT2D eigenvalue weighted by Gasteiger charge is 2.21. The van der Waals surface area contributed by atoms with Gasteiger partial charge in [-0.3, -0.25) is 9.89 Å². The zero-order chi connectivity index (χ0) is 19.2. The monoisotopic (exact) mass is 379 g/mol. The van der Waals surface area contributed by atoms with Gasteiger partial charge in [0.15, 0.2) is 5.96 Å². The summed E-state index contributed by atoms with van der Waals surface area (Å²) in [6.07, 6.45) is 4.75. The third-order valence-electron chi connectivity index (χ3n) is 5.55. The normalized spacial score (nSPS) is 18.1. The number of piperazine rings is 1. The molecule has 1 saturated heterocycles. The highest BCUT2D eigenvalue weighted by Crippen LogP contribution is 2.17. The summed E-state index contributed by atoms with van der Waals surface area (Å²) in [4.78, 5) is 20.3. The predicted molar refractivity (Wildman–Crippen MR) is 113 cm³/mol. The molecule has 1 aromatic heterocycles. The van der Waals surface area contributed by atoms with Gasteiger partial charge in [-0.15, -0.1) is 0 Å². The number of fused-ring (bicyclic) bond motifs is 1. The first-order chi connectivity index (χ1) is 13.8. The molecular weight excluding hydrogens is 350 g/mol. The van der Waals surface area contributed by atoms with E-state index in [-0.39, 0.29) is 0 Å². The van der Waals surface area contributed by atoms with Gasteiger partial charge in [0.2, 0.25) is 5.95 Å². The molecule has 2 aromatic rings. The van der Waals surface area contributed by atoms with E-state index in [0.29, 0.717) is 0 Å². The lowest BCUT2D eigenvalue weighted by atomic mass is 10.00. The Balaban J connectivity index is 1.23. The molecule has 1 N–H and O–H groups in total. The Morgan fingerprint density at radius 2 is 1.75 bits per heavy atom. The minimum Gasteiger partial charge on any atom is -0.355 e. The van der Waals surface area contributed by atoms with Crippen LogP contribution in [0.15, 0.2) is 47.7 Å². The number of anilines is 1. The van der Waals surface area contributed by atoms with E-state index < -0.39 is 0 Å². The standard InChI is InChI=1S/C21H29N7/c1-22-20(27-13-15-28(16-14-27)21-23-8-4-9-24-21)25-10-12-26-11-7-18-5-2-3-6-19(18)17-26/h2-6,8-9H,7,10-17H2,1H3,(H,22,25). The molecule has 0 radical (unpaired) electrons. The number of nitrogens with one attached hydrogen (secondary N) is 1. The van der Waals surface area contributed by atoms with Crippen LogP contribution in [0.5, 0.6) is 0 Å². The second-order valence-corrected chi connectivity index (χ2v) is 7.29. The quantitative estimate of drug-likeness (QED) is 0.637. The number of benzene rings is 1. The molecule has 7 heteroatoms. The van der Waals surface area contributed by atoms with Crippen LogP contribution in [0.2, 0.25) is 0 Å². The Morgan fingerprint density at radius 1 is 1.00 bits per heavy atom. The molecule has 0 unspecified atom stereocenters. The lowest BCUT2D eigenvalue weighted by Gasteiger charge is -2.36. The van der Waals surface area contributed by atoms with Crippen LogP contribution < -0.4 is 10.2 Å². The average Bonchev–Trinajstić information content (AvgIpc) is 2.77. The summed E-state index contributed by atoms with van der Waals surface area (Å²) in [5.74, 6) is 1.81. The minimum absolute atomic E-state index is 0.815. The zero-order valence-corrected chi connectivity index (χ0v) is 16.6. The Labute approximate surface area is 167 Å². The zero-order valence-electron chi connectivity index (χ0n) is 16.6. The van der Waals surface area contributed by atoms with Gasteiger partial charge in [0.25, 0.3) is 0 Å². The molecule has 0 saturated carbocycles. The molecule has 148 valence electrons. The van der Waals surface area contributed by atoms with Crippen LogP contribution in [0.25, 0.3) is 0 Å². The Kier molecular flexibility index (Phi) is 6.01. The lowest BCUT2D eigenvalue weighted by molar-refractivity contribution is 0.256.